The summed E-state index contributed by atoms with van der Waals surface area (Å²) in [7, 11) is 0. The first-order chi connectivity index (χ1) is 14.4. The van der Waals surface area contributed by atoms with Gasteiger partial charge in [-0.2, -0.15) is 0 Å². The Hall–Kier alpha value is -3.06. The van der Waals surface area contributed by atoms with E-state index in [0.29, 0.717) is 19.4 Å². The number of carbonyl (C=O) groups is 2. The molecule has 0 radical (unpaired) electrons. The van der Waals surface area contributed by atoms with Crippen LogP contribution in [0.2, 0.25) is 0 Å². The molecule has 2 aromatic carbocycles. The Morgan fingerprint density at radius 2 is 1.60 bits per heavy atom. The van der Waals surface area contributed by atoms with E-state index in [4.69, 9.17) is 9.47 Å². The van der Waals surface area contributed by atoms with E-state index in [1.807, 2.05) is 60.7 Å². The maximum absolute atomic E-state index is 12.6. The minimum Gasteiger partial charge on any atom is -0.445 e. The molecule has 0 bridgehead atoms. The third-order valence-electron chi connectivity index (χ3n) is 5.23. The Kier molecular flexibility index (Phi) is 7.30. The summed E-state index contributed by atoms with van der Waals surface area (Å²) in [6.07, 6.45) is -0.0614. The lowest BCUT2D eigenvalue weighted by Gasteiger charge is -2.32. The predicted molar refractivity (Wildman–Crippen MR) is 112 cm³/mol. The third kappa shape index (κ3) is 6.22. The van der Waals surface area contributed by atoms with Crippen molar-refractivity contribution < 1.29 is 24.2 Å². The second kappa shape index (κ2) is 10.1. The van der Waals surface area contributed by atoms with E-state index in [1.54, 1.807) is 6.92 Å². The summed E-state index contributed by atoms with van der Waals surface area (Å²) in [5, 5.41) is 13.5. The third-order valence-corrected chi connectivity index (χ3v) is 5.23. The number of hydrogen-bond donors (Lipinski definition) is 2. The molecular formula is C23H28N2O5. The molecular weight excluding hydrogens is 384 g/mol. The van der Waals surface area contributed by atoms with Crippen LogP contribution in [0.25, 0.3) is 0 Å². The molecule has 1 aliphatic heterocycles. The number of ether oxygens (including phenoxy) is 2. The SMILES string of the molecule is C[C@]1(O)CCCN(C(=O)OCc2ccccc2)C[C@@H]1NC(=O)OCc1ccccc1. The number of carbonyl (C=O) groups excluding carboxylic acids is 2. The van der Waals surface area contributed by atoms with Crippen LogP contribution in [0, 0.1) is 0 Å². The number of likely N-dealkylation sites (tertiary alicyclic amines) is 1. The lowest BCUT2D eigenvalue weighted by Crippen LogP contribution is -2.55. The fraction of sp³-hybridized carbons (Fsp3) is 0.391. The number of nitrogens with one attached hydrogen (secondary N) is 1. The Labute approximate surface area is 176 Å². The van der Waals surface area contributed by atoms with Gasteiger partial charge in [-0.25, -0.2) is 9.59 Å². The van der Waals surface area contributed by atoms with E-state index in [-0.39, 0.29) is 19.8 Å². The van der Waals surface area contributed by atoms with Gasteiger partial charge >= 0.3 is 12.2 Å². The summed E-state index contributed by atoms with van der Waals surface area (Å²) in [5.74, 6) is 0. The number of alkyl carbamates (subject to hydrolysis) is 1. The highest BCUT2D eigenvalue weighted by Crippen LogP contribution is 2.23. The van der Waals surface area contributed by atoms with Crippen LogP contribution in [0.4, 0.5) is 9.59 Å². The zero-order valence-corrected chi connectivity index (χ0v) is 17.1. The minimum atomic E-state index is -1.17. The van der Waals surface area contributed by atoms with Crippen molar-refractivity contribution in [2.24, 2.45) is 0 Å². The van der Waals surface area contributed by atoms with Crippen molar-refractivity contribution in [2.75, 3.05) is 13.1 Å². The highest BCUT2D eigenvalue weighted by atomic mass is 16.6. The first-order valence-electron chi connectivity index (χ1n) is 10.1. The molecule has 0 aromatic heterocycles. The molecule has 2 amide bonds. The minimum absolute atomic E-state index is 0.129. The molecule has 30 heavy (non-hydrogen) atoms. The Morgan fingerprint density at radius 3 is 2.20 bits per heavy atom. The van der Waals surface area contributed by atoms with Gasteiger partial charge in [-0.15, -0.1) is 0 Å². The van der Waals surface area contributed by atoms with Crippen molar-refractivity contribution in [1.29, 1.82) is 0 Å². The number of benzene rings is 2. The van der Waals surface area contributed by atoms with E-state index in [1.165, 1.54) is 4.90 Å². The van der Waals surface area contributed by atoms with Crippen molar-refractivity contribution in [1.82, 2.24) is 10.2 Å². The zero-order chi connectivity index (χ0) is 21.4. The molecule has 1 saturated heterocycles. The van der Waals surface area contributed by atoms with Crippen molar-refractivity contribution in [3.05, 3.63) is 71.8 Å². The monoisotopic (exact) mass is 412 g/mol. The number of rotatable bonds is 5. The molecule has 0 saturated carbocycles. The highest BCUT2D eigenvalue weighted by Gasteiger charge is 2.38. The maximum atomic E-state index is 12.6. The fourth-order valence-corrected chi connectivity index (χ4v) is 3.39. The average Bonchev–Trinajstić information content (AvgIpc) is 2.90. The number of nitrogens with zero attached hydrogens (tertiary/aromatic N) is 1. The van der Waals surface area contributed by atoms with E-state index < -0.39 is 23.8 Å². The molecule has 0 unspecified atom stereocenters. The van der Waals surface area contributed by atoms with Crippen LogP contribution >= 0.6 is 0 Å². The first-order valence-corrected chi connectivity index (χ1v) is 10.1. The van der Waals surface area contributed by atoms with Crippen LogP contribution in [0.3, 0.4) is 0 Å². The molecule has 0 spiro atoms. The van der Waals surface area contributed by atoms with E-state index >= 15 is 0 Å². The van der Waals surface area contributed by atoms with Crippen molar-refractivity contribution in [2.45, 2.75) is 44.6 Å². The summed E-state index contributed by atoms with van der Waals surface area (Å²) in [6.45, 7) is 2.55. The van der Waals surface area contributed by atoms with E-state index in [2.05, 4.69) is 5.32 Å². The Bertz CT molecular complexity index is 826. The molecule has 7 heteroatoms. The smallest absolute Gasteiger partial charge is 0.410 e. The molecule has 2 aromatic rings. The van der Waals surface area contributed by atoms with Gasteiger partial charge in [0, 0.05) is 13.1 Å². The number of aliphatic hydroxyl groups is 1. The molecule has 1 heterocycles. The van der Waals surface area contributed by atoms with Gasteiger partial charge < -0.3 is 24.8 Å². The highest BCUT2D eigenvalue weighted by molar-refractivity contribution is 5.69. The van der Waals surface area contributed by atoms with Crippen LogP contribution in [0.5, 0.6) is 0 Å². The van der Waals surface area contributed by atoms with Gasteiger partial charge in [0.15, 0.2) is 0 Å². The van der Waals surface area contributed by atoms with E-state index in [9.17, 15) is 14.7 Å². The van der Waals surface area contributed by atoms with Crippen LogP contribution in [0.15, 0.2) is 60.7 Å². The van der Waals surface area contributed by atoms with Gasteiger partial charge in [-0.05, 0) is 30.9 Å². The summed E-state index contributed by atoms with van der Waals surface area (Å²) in [5.41, 5.74) is 0.596. The van der Waals surface area contributed by atoms with Crippen LogP contribution in [-0.4, -0.2) is 46.9 Å². The number of hydrogen-bond acceptors (Lipinski definition) is 5. The van der Waals surface area contributed by atoms with Crippen LogP contribution in [-0.2, 0) is 22.7 Å². The van der Waals surface area contributed by atoms with Gasteiger partial charge in [0.25, 0.3) is 0 Å². The Balaban J connectivity index is 1.56. The lowest BCUT2D eigenvalue weighted by molar-refractivity contribution is 0.00989. The summed E-state index contributed by atoms with van der Waals surface area (Å²) < 4.78 is 10.7. The normalized spacial score (nSPS) is 21.4. The lowest BCUT2D eigenvalue weighted by atomic mass is 9.92. The molecule has 160 valence electrons. The fourth-order valence-electron chi connectivity index (χ4n) is 3.39. The first kappa shape index (κ1) is 21.6. The van der Waals surface area contributed by atoms with Gasteiger partial charge in [0.2, 0.25) is 0 Å². The predicted octanol–water partition coefficient (Wildman–Crippen LogP) is 3.47. The summed E-state index contributed by atoms with van der Waals surface area (Å²) in [4.78, 5) is 26.4. The molecule has 2 atom stereocenters. The van der Waals surface area contributed by atoms with Crippen LogP contribution < -0.4 is 5.32 Å². The van der Waals surface area contributed by atoms with Crippen molar-refractivity contribution in [3.63, 3.8) is 0 Å². The van der Waals surface area contributed by atoms with Gasteiger partial charge in [-0.3, -0.25) is 0 Å². The van der Waals surface area contributed by atoms with Gasteiger partial charge in [0.05, 0.1) is 11.6 Å². The van der Waals surface area contributed by atoms with Crippen molar-refractivity contribution >= 4 is 12.2 Å². The summed E-state index contributed by atoms with van der Waals surface area (Å²) in [6, 6.07) is 18.1. The largest absolute Gasteiger partial charge is 0.445 e. The standard InChI is InChI=1S/C23H28N2O5/c1-23(28)13-8-14-25(22(27)30-17-19-11-6-3-7-12-19)15-20(23)24-21(26)29-16-18-9-4-2-5-10-18/h2-7,9-12,20,28H,8,13-17H2,1H3,(H,24,26)/t20-,23-/m0/s1. The molecule has 3 rings (SSSR count). The maximum Gasteiger partial charge on any atom is 0.410 e. The second-order valence-electron chi connectivity index (χ2n) is 7.71. The quantitative estimate of drug-likeness (QED) is 0.785. The topological polar surface area (TPSA) is 88.1 Å². The zero-order valence-electron chi connectivity index (χ0n) is 17.1. The second-order valence-corrected chi connectivity index (χ2v) is 7.71. The van der Waals surface area contributed by atoms with Gasteiger partial charge in [0.1, 0.15) is 13.2 Å². The average molecular weight is 412 g/mol. The van der Waals surface area contributed by atoms with Crippen molar-refractivity contribution in [3.8, 4) is 0 Å². The molecule has 1 fully saturated rings. The molecule has 2 N–H and O–H groups in total. The van der Waals surface area contributed by atoms with Gasteiger partial charge in [-0.1, -0.05) is 60.7 Å². The number of amides is 2. The molecule has 1 aliphatic rings. The Morgan fingerprint density at radius 1 is 1.03 bits per heavy atom. The molecule has 7 nitrogen and oxygen atoms in total. The molecule has 0 aliphatic carbocycles. The van der Waals surface area contributed by atoms with Crippen LogP contribution in [0.1, 0.15) is 30.9 Å². The summed E-state index contributed by atoms with van der Waals surface area (Å²) >= 11 is 0. The van der Waals surface area contributed by atoms with E-state index in [0.717, 1.165) is 11.1 Å².